The van der Waals surface area contributed by atoms with Crippen LogP contribution >= 0.6 is 0 Å². The maximum absolute atomic E-state index is 10.6. The fourth-order valence-corrected chi connectivity index (χ4v) is 2.14. The molecule has 0 spiro atoms. The van der Waals surface area contributed by atoms with E-state index in [0.29, 0.717) is 6.07 Å². The Labute approximate surface area is 165 Å². The second-order valence-electron chi connectivity index (χ2n) is 5.49. The Balaban J connectivity index is 0.000000300. The van der Waals surface area contributed by atoms with Crippen molar-refractivity contribution in [2.75, 3.05) is 0 Å². The van der Waals surface area contributed by atoms with Gasteiger partial charge in [0.05, 0.1) is 37.9 Å². The minimum absolute atomic E-state index is 0.0119. The number of hydrogen-bond acceptors (Lipinski definition) is 10. The second kappa shape index (κ2) is 9.60. The summed E-state index contributed by atoms with van der Waals surface area (Å²) in [5, 5.41) is 59.2. The van der Waals surface area contributed by atoms with Gasteiger partial charge in [0.1, 0.15) is 5.56 Å². The molecule has 2 rings (SSSR count). The van der Waals surface area contributed by atoms with E-state index in [-0.39, 0.29) is 22.5 Å². The molecule has 0 aromatic heterocycles. The molecule has 15 nitrogen and oxygen atoms in total. The van der Waals surface area contributed by atoms with Crippen molar-refractivity contribution >= 4 is 28.7 Å². The van der Waals surface area contributed by atoms with Crippen molar-refractivity contribution in [3.05, 3.63) is 87.5 Å². The Bertz CT molecular complexity index is 937. The van der Waals surface area contributed by atoms with Crippen LogP contribution in [0.15, 0.2) is 30.3 Å². The van der Waals surface area contributed by atoms with E-state index in [1.807, 2.05) is 0 Å². The molecule has 0 atom stereocenters. The molecule has 0 heterocycles. The molecule has 0 unspecified atom stereocenters. The van der Waals surface area contributed by atoms with Gasteiger partial charge < -0.3 is 10.2 Å². The fourth-order valence-electron chi connectivity index (χ4n) is 2.14. The van der Waals surface area contributed by atoms with Crippen molar-refractivity contribution in [2.24, 2.45) is 0 Å². The van der Waals surface area contributed by atoms with E-state index in [1.54, 1.807) is 0 Å². The van der Waals surface area contributed by atoms with Crippen LogP contribution in [0.2, 0.25) is 0 Å². The zero-order chi connectivity index (χ0) is 23.2. The molecule has 2 aromatic rings. The summed E-state index contributed by atoms with van der Waals surface area (Å²) in [5.41, 5.74) is -2.30. The van der Waals surface area contributed by atoms with E-state index in [9.17, 15) is 45.3 Å². The quantitative estimate of drug-likeness (QED) is 0.505. The van der Waals surface area contributed by atoms with Gasteiger partial charge in [-0.3, -0.25) is 40.5 Å². The van der Waals surface area contributed by atoms with Crippen molar-refractivity contribution in [1.82, 2.24) is 0 Å². The predicted molar refractivity (Wildman–Crippen MR) is 97.1 cm³/mol. The average Bonchev–Trinajstić information content (AvgIpc) is 2.67. The smallest absolute Gasteiger partial charge is 0.336 e. The SMILES string of the molecule is Cc1c([N+](=O)[O-])cc(CO)cc1[N+](=O)[O-].O=C(O)c1cc([N+](=O)[O-])cc([N+](=O)[O-])c1. The first kappa shape index (κ1) is 23.5. The summed E-state index contributed by atoms with van der Waals surface area (Å²) in [6.07, 6.45) is 0. The topological polar surface area (TPSA) is 230 Å². The van der Waals surface area contributed by atoms with Gasteiger partial charge in [0.2, 0.25) is 0 Å². The van der Waals surface area contributed by atoms with Crippen LogP contribution in [0.5, 0.6) is 0 Å². The van der Waals surface area contributed by atoms with E-state index in [4.69, 9.17) is 10.2 Å². The van der Waals surface area contributed by atoms with Crippen LogP contribution in [0.3, 0.4) is 0 Å². The van der Waals surface area contributed by atoms with Crippen LogP contribution in [0, 0.1) is 47.4 Å². The van der Waals surface area contributed by atoms with Gasteiger partial charge in [-0.05, 0) is 12.5 Å². The minimum atomic E-state index is -1.46. The fraction of sp³-hybridized carbons (Fsp3) is 0.133. The molecular weight excluding hydrogens is 412 g/mol. The number of nitro groups is 4. The molecule has 0 fully saturated rings. The number of carbonyl (C=O) groups is 1. The highest BCUT2D eigenvalue weighted by Crippen LogP contribution is 2.29. The van der Waals surface area contributed by atoms with Crippen LogP contribution in [0.4, 0.5) is 22.7 Å². The van der Waals surface area contributed by atoms with Crippen molar-refractivity contribution in [3.8, 4) is 0 Å². The number of rotatable bonds is 6. The van der Waals surface area contributed by atoms with E-state index in [2.05, 4.69) is 0 Å². The van der Waals surface area contributed by atoms with Crippen molar-refractivity contribution in [1.29, 1.82) is 0 Å². The molecule has 0 aliphatic heterocycles. The number of nitrogens with zero attached hydrogens (tertiary/aromatic N) is 4. The highest BCUT2D eigenvalue weighted by Gasteiger charge is 2.22. The number of carboxylic acids is 1. The molecule has 2 aromatic carbocycles. The zero-order valence-electron chi connectivity index (χ0n) is 15.0. The summed E-state index contributed by atoms with van der Waals surface area (Å²) in [7, 11) is 0. The molecule has 15 heteroatoms. The molecule has 0 amide bonds. The number of nitro benzene ring substituents is 4. The Morgan fingerprint density at radius 1 is 0.800 bits per heavy atom. The summed E-state index contributed by atoms with van der Waals surface area (Å²) < 4.78 is 0. The molecule has 0 saturated carbocycles. The molecule has 0 bridgehead atoms. The molecule has 0 radical (unpaired) electrons. The Morgan fingerprint density at radius 2 is 1.20 bits per heavy atom. The molecule has 30 heavy (non-hydrogen) atoms. The molecule has 2 N–H and O–H groups in total. The lowest BCUT2D eigenvalue weighted by molar-refractivity contribution is -0.395. The van der Waals surface area contributed by atoms with Crippen LogP contribution in [-0.4, -0.2) is 35.9 Å². The van der Waals surface area contributed by atoms with Crippen LogP contribution in [-0.2, 0) is 6.61 Å². The lowest BCUT2D eigenvalue weighted by Crippen LogP contribution is -2.00. The first-order valence-corrected chi connectivity index (χ1v) is 7.59. The van der Waals surface area contributed by atoms with Crippen LogP contribution in [0.25, 0.3) is 0 Å². The molecule has 0 aliphatic carbocycles. The van der Waals surface area contributed by atoms with Crippen molar-refractivity contribution < 1.29 is 34.7 Å². The largest absolute Gasteiger partial charge is 0.478 e. The summed E-state index contributed by atoms with van der Waals surface area (Å²) >= 11 is 0. The maximum atomic E-state index is 10.6. The first-order chi connectivity index (χ1) is 13.9. The number of non-ortho nitro benzene ring substituents is 2. The van der Waals surface area contributed by atoms with Crippen LogP contribution < -0.4 is 0 Å². The van der Waals surface area contributed by atoms with E-state index in [0.717, 1.165) is 24.3 Å². The van der Waals surface area contributed by atoms with Gasteiger partial charge in [0.25, 0.3) is 22.7 Å². The third kappa shape index (κ3) is 5.73. The van der Waals surface area contributed by atoms with Crippen molar-refractivity contribution in [2.45, 2.75) is 13.5 Å². The highest BCUT2D eigenvalue weighted by atomic mass is 16.6. The van der Waals surface area contributed by atoms with Crippen LogP contribution in [0.1, 0.15) is 21.5 Å². The number of benzene rings is 2. The van der Waals surface area contributed by atoms with Gasteiger partial charge in [-0.1, -0.05) is 0 Å². The van der Waals surface area contributed by atoms with Gasteiger partial charge in [0, 0.05) is 24.3 Å². The summed E-state index contributed by atoms with van der Waals surface area (Å²) in [6, 6.07) is 4.47. The molecule has 0 saturated heterocycles. The van der Waals surface area contributed by atoms with Gasteiger partial charge in [-0.15, -0.1) is 0 Å². The maximum Gasteiger partial charge on any atom is 0.336 e. The van der Waals surface area contributed by atoms with Gasteiger partial charge in [-0.25, -0.2) is 4.79 Å². The number of hydrogen-bond donors (Lipinski definition) is 2. The Morgan fingerprint density at radius 3 is 1.47 bits per heavy atom. The average molecular weight is 424 g/mol. The third-order valence-electron chi connectivity index (χ3n) is 3.56. The predicted octanol–water partition coefficient (Wildman–Crippen LogP) is 2.50. The Hall–Kier alpha value is -4.53. The minimum Gasteiger partial charge on any atom is -0.478 e. The Kier molecular flexibility index (Phi) is 7.52. The second-order valence-corrected chi connectivity index (χ2v) is 5.49. The first-order valence-electron chi connectivity index (χ1n) is 7.59. The van der Waals surface area contributed by atoms with Gasteiger partial charge in [-0.2, -0.15) is 0 Å². The number of aliphatic hydroxyl groups is 1. The highest BCUT2D eigenvalue weighted by molar-refractivity contribution is 5.89. The van der Waals surface area contributed by atoms with E-state index < -0.39 is 49.2 Å². The van der Waals surface area contributed by atoms with E-state index >= 15 is 0 Å². The standard InChI is InChI=1S/C8H8N2O5.C7H4N2O6/c1-5-7(9(12)13)2-6(4-11)3-8(5)10(14)15;10-7(11)4-1-5(8(12)13)3-6(2-4)9(14)15/h2-3,11H,4H2,1H3;1-3H,(H,10,11). The van der Waals surface area contributed by atoms with Gasteiger partial charge >= 0.3 is 5.97 Å². The lowest BCUT2D eigenvalue weighted by Gasteiger charge is -2.01. The number of aliphatic hydroxyl groups excluding tert-OH is 1. The lowest BCUT2D eigenvalue weighted by atomic mass is 10.1. The molecular formula is C15H12N4O11. The summed E-state index contributed by atoms with van der Waals surface area (Å²) in [4.78, 5) is 49.1. The zero-order valence-corrected chi connectivity index (χ0v) is 15.0. The number of carboxylic acid groups (broad SMARTS) is 1. The monoisotopic (exact) mass is 424 g/mol. The molecule has 0 aliphatic rings. The summed E-state index contributed by atoms with van der Waals surface area (Å²) in [5.74, 6) is -1.46. The summed E-state index contributed by atoms with van der Waals surface area (Å²) in [6.45, 7) is 0.833. The normalized spacial score (nSPS) is 9.80. The third-order valence-corrected chi connectivity index (χ3v) is 3.56. The van der Waals surface area contributed by atoms with E-state index in [1.165, 1.54) is 6.92 Å². The van der Waals surface area contributed by atoms with Gasteiger partial charge in [0.15, 0.2) is 0 Å². The number of aromatic carboxylic acids is 1. The van der Waals surface area contributed by atoms with Crippen molar-refractivity contribution in [3.63, 3.8) is 0 Å². The molecule has 158 valence electrons.